The van der Waals surface area contributed by atoms with Crippen molar-refractivity contribution in [3.63, 3.8) is 0 Å². The quantitative estimate of drug-likeness (QED) is 0.751. The van der Waals surface area contributed by atoms with Crippen molar-refractivity contribution < 1.29 is 0 Å². The maximum absolute atomic E-state index is 6.20. The highest BCUT2D eigenvalue weighted by Gasteiger charge is 2.13. The normalized spacial score (nSPS) is 19.1. The van der Waals surface area contributed by atoms with Crippen molar-refractivity contribution in [1.29, 1.82) is 0 Å². The van der Waals surface area contributed by atoms with E-state index < -0.39 is 0 Å². The van der Waals surface area contributed by atoms with Gasteiger partial charge in [-0.3, -0.25) is 0 Å². The van der Waals surface area contributed by atoms with Gasteiger partial charge in [-0.25, -0.2) is 0 Å². The summed E-state index contributed by atoms with van der Waals surface area (Å²) in [5.74, 6) is 0. The van der Waals surface area contributed by atoms with Crippen molar-refractivity contribution in [3.05, 3.63) is 35.7 Å². The van der Waals surface area contributed by atoms with E-state index in [1.165, 1.54) is 31.3 Å². The van der Waals surface area contributed by atoms with Crippen molar-refractivity contribution in [2.45, 2.75) is 38.1 Å². The molecule has 0 radical (unpaired) electrons. The largest absolute Gasteiger partial charge is 0.320 e. The average Bonchev–Trinajstić information content (AvgIpc) is 2.58. The van der Waals surface area contributed by atoms with Gasteiger partial charge in [0.25, 0.3) is 0 Å². The Kier molecular flexibility index (Phi) is 3.45. The van der Waals surface area contributed by atoms with Crippen LogP contribution in [0, 0.1) is 0 Å². The van der Waals surface area contributed by atoms with Gasteiger partial charge in [-0.1, -0.05) is 18.1 Å². The van der Waals surface area contributed by atoms with Gasteiger partial charge in [-0.15, -0.1) is 0 Å². The van der Waals surface area contributed by atoms with Crippen LogP contribution in [0.4, 0.5) is 0 Å². The van der Waals surface area contributed by atoms with Crippen LogP contribution in [0.2, 0.25) is 0 Å². The molecule has 0 aromatic carbocycles. The molecule has 1 aliphatic rings. The molecular weight excluding hydrogens is 186 g/mol. The predicted octanol–water partition coefficient (Wildman–Crippen LogP) is 2.37. The third-order valence-electron chi connectivity index (χ3n) is 2.94. The first-order chi connectivity index (χ1) is 7.38. The van der Waals surface area contributed by atoms with Crippen LogP contribution in [0.15, 0.2) is 30.1 Å². The summed E-state index contributed by atoms with van der Waals surface area (Å²) in [5, 5.41) is 7.63. The first kappa shape index (κ1) is 10.3. The van der Waals surface area contributed by atoms with Gasteiger partial charge >= 0.3 is 0 Å². The molecule has 0 saturated carbocycles. The molecule has 1 heterocycles. The van der Waals surface area contributed by atoms with Crippen LogP contribution in [0.1, 0.15) is 43.7 Å². The molecule has 0 aliphatic heterocycles. The molecule has 2 rings (SSSR count). The number of hydrogen-bond acceptors (Lipinski definition) is 3. The van der Waals surface area contributed by atoms with Gasteiger partial charge in [-0.05, 0) is 37.3 Å². The fourth-order valence-corrected chi connectivity index (χ4v) is 2.02. The van der Waals surface area contributed by atoms with Crippen LogP contribution < -0.4 is 5.73 Å². The summed E-state index contributed by atoms with van der Waals surface area (Å²) >= 11 is 0. The zero-order valence-corrected chi connectivity index (χ0v) is 8.89. The molecule has 3 heteroatoms. The van der Waals surface area contributed by atoms with E-state index >= 15 is 0 Å². The lowest BCUT2D eigenvalue weighted by Crippen LogP contribution is -2.13. The predicted molar refractivity (Wildman–Crippen MR) is 60.1 cm³/mol. The lowest BCUT2D eigenvalue weighted by Gasteiger charge is -2.14. The van der Waals surface area contributed by atoms with E-state index in [0.717, 1.165) is 12.0 Å². The monoisotopic (exact) mass is 203 g/mol. The van der Waals surface area contributed by atoms with E-state index in [1.54, 1.807) is 12.4 Å². The third kappa shape index (κ3) is 2.63. The molecule has 0 spiro atoms. The van der Waals surface area contributed by atoms with Crippen LogP contribution in [0.3, 0.4) is 0 Å². The molecule has 3 nitrogen and oxygen atoms in total. The van der Waals surface area contributed by atoms with Gasteiger partial charge in [0.1, 0.15) is 0 Å². The zero-order valence-electron chi connectivity index (χ0n) is 8.89. The van der Waals surface area contributed by atoms with Crippen molar-refractivity contribution in [2.24, 2.45) is 5.73 Å². The Morgan fingerprint density at radius 3 is 2.93 bits per heavy atom. The highest BCUT2D eigenvalue weighted by atomic mass is 15.1. The molecule has 0 bridgehead atoms. The van der Waals surface area contributed by atoms with Gasteiger partial charge in [0.15, 0.2) is 0 Å². The van der Waals surface area contributed by atoms with Crippen molar-refractivity contribution in [2.75, 3.05) is 0 Å². The van der Waals surface area contributed by atoms with Crippen LogP contribution in [-0.2, 0) is 0 Å². The van der Waals surface area contributed by atoms with Gasteiger partial charge in [0, 0.05) is 6.20 Å². The molecule has 1 atom stereocenters. The van der Waals surface area contributed by atoms with Crippen LogP contribution in [-0.4, -0.2) is 10.2 Å². The van der Waals surface area contributed by atoms with E-state index in [4.69, 9.17) is 5.73 Å². The standard InChI is InChI=1S/C12H17N3/c13-12(11-7-8-14-15-9-11)10-5-3-1-2-4-6-10/h5,7-9,12H,1-4,6,13H2. The number of nitrogens with zero attached hydrogens (tertiary/aromatic N) is 2. The van der Waals surface area contributed by atoms with Crippen molar-refractivity contribution >= 4 is 0 Å². The second kappa shape index (κ2) is 5.03. The zero-order chi connectivity index (χ0) is 10.5. The molecule has 0 amide bonds. The summed E-state index contributed by atoms with van der Waals surface area (Å²) in [7, 11) is 0. The summed E-state index contributed by atoms with van der Waals surface area (Å²) in [4.78, 5) is 0. The smallest absolute Gasteiger partial charge is 0.0547 e. The summed E-state index contributed by atoms with van der Waals surface area (Å²) in [5.41, 5.74) is 8.63. The minimum Gasteiger partial charge on any atom is -0.320 e. The second-order valence-corrected chi connectivity index (χ2v) is 4.03. The Bertz CT molecular complexity index is 332. The summed E-state index contributed by atoms with van der Waals surface area (Å²) in [6.07, 6.45) is 11.9. The fraction of sp³-hybridized carbons (Fsp3) is 0.500. The SMILES string of the molecule is NC(C1=CCCCCC1)c1ccnnc1. The van der Waals surface area contributed by atoms with Gasteiger partial charge in [-0.2, -0.15) is 10.2 Å². The number of hydrogen-bond donors (Lipinski definition) is 1. The lowest BCUT2D eigenvalue weighted by molar-refractivity contribution is 0.686. The molecule has 1 aromatic rings. The number of nitrogens with two attached hydrogens (primary N) is 1. The van der Waals surface area contributed by atoms with Crippen molar-refractivity contribution in [1.82, 2.24) is 10.2 Å². The molecular formula is C12H17N3. The average molecular weight is 203 g/mol. The minimum absolute atomic E-state index is 0.0126. The van der Waals surface area contributed by atoms with Crippen LogP contribution in [0.5, 0.6) is 0 Å². The molecule has 1 aromatic heterocycles. The second-order valence-electron chi connectivity index (χ2n) is 4.03. The summed E-state index contributed by atoms with van der Waals surface area (Å²) in [6.45, 7) is 0. The van der Waals surface area contributed by atoms with E-state index in [0.29, 0.717) is 0 Å². The Morgan fingerprint density at radius 2 is 2.13 bits per heavy atom. The molecule has 1 aliphatic carbocycles. The highest BCUT2D eigenvalue weighted by Crippen LogP contribution is 2.26. The highest BCUT2D eigenvalue weighted by molar-refractivity contribution is 5.24. The Balaban J connectivity index is 2.13. The van der Waals surface area contributed by atoms with Crippen LogP contribution >= 0.6 is 0 Å². The van der Waals surface area contributed by atoms with Crippen molar-refractivity contribution in [3.8, 4) is 0 Å². The summed E-state index contributed by atoms with van der Waals surface area (Å²) < 4.78 is 0. The van der Waals surface area contributed by atoms with Gasteiger partial charge in [0.2, 0.25) is 0 Å². The molecule has 0 saturated heterocycles. The minimum atomic E-state index is 0.0126. The molecule has 1 unspecified atom stereocenters. The Labute approximate surface area is 90.4 Å². The maximum Gasteiger partial charge on any atom is 0.0547 e. The number of rotatable bonds is 2. The Hall–Kier alpha value is -1.22. The Morgan fingerprint density at radius 1 is 1.20 bits per heavy atom. The first-order valence-electron chi connectivity index (χ1n) is 5.59. The van der Waals surface area contributed by atoms with Crippen LogP contribution in [0.25, 0.3) is 0 Å². The van der Waals surface area contributed by atoms with E-state index in [-0.39, 0.29) is 6.04 Å². The van der Waals surface area contributed by atoms with Gasteiger partial charge < -0.3 is 5.73 Å². The molecule has 15 heavy (non-hydrogen) atoms. The fourth-order valence-electron chi connectivity index (χ4n) is 2.02. The third-order valence-corrected chi connectivity index (χ3v) is 2.94. The first-order valence-corrected chi connectivity index (χ1v) is 5.59. The van der Waals surface area contributed by atoms with E-state index in [2.05, 4.69) is 16.3 Å². The maximum atomic E-state index is 6.20. The van der Waals surface area contributed by atoms with Gasteiger partial charge in [0.05, 0.1) is 12.2 Å². The number of allylic oxidation sites excluding steroid dienone is 1. The topological polar surface area (TPSA) is 51.8 Å². The molecule has 2 N–H and O–H groups in total. The number of aromatic nitrogens is 2. The summed E-state index contributed by atoms with van der Waals surface area (Å²) in [6, 6.07) is 1.96. The van der Waals surface area contributed by atoms with E-state index in [1.807, 2.05) is 6.07 Å². The lowest BCUT2D eigenvalue weighted by atomic mass is 9.98. The molecule has 0 fully saturated rings. The van der Waals surface area contributed by atoms with E-state index in [9.17, 15) is 0 Å². The molecule has 80 valence electrons.